The first-order valence-electron chi connectivity index (χ1n) is 9.69. The lowest BCUT2D eigenvalue weighted by Gasteiger charge is -2.12. The van der Waals surface area contributed by atoms with E-state index in [2.05, 4.69) is 10.4 Å². The Hall–Kier alpha value is -4.13. The normalized spacial score (nSPS) is 10.6. The second-order valence-electron chi connectivity index (χ2n) is 6.82. The van der Waals surface area contributed by atoms with Gasteiger partial charge in [-0.15, -0.1) is 0 Å². The Morgan fingerprint density at radius 1 is 0.903 bits per heavy atom. The van der Waals surface area contributed by atoms with Crippen molar-refractivity contribution in [3.05, 3.63) is 94.4 Å². The molecule has 4 rings (SSSR count). The number of aromatic nitrogens is 2. The largest absolute Gasteiger partial charge is 0.493 e. The molecule has 0 aliphatic carbocycles. The molecule has 1 amide bonds. The number of benzene rings is 3. The highest BCUT2D eigenvalue weighted by molar-refractivity contribution is 6.04. The van der Waals surface area contributed by atoms with Gasteiger partial charge in [-0.2, -0.15) is 9.78 Å². The summed E-state index contributed by atoms with van der Waals surface area (Å²) in [5, 5.41) is 8.21. The van der Waals surface area contributed by atoms with Gasteiger partial charge >= 0.3 is 0 Å². The van der Waals surface area contributed by atoms with Gasteiger partial charge < -0.3 is 14.8 Å². The summed E-state index contributed by atoms with van der Waals surface area (Å²) in [6.45, 7) is 0.264. The van der Waals surface area contributed by atoms with Crippen molar-refractivity contribution in [3.8, 4) is 17.2 Å². The van der Waals surface area contributed by atoms with Gasteiger partial charge in [-0.25, -0.2) is 0 Å². The number of carbonyl (C=O) groups is 1. The summed E-state index contributed by atoms with van der Waals surface area (Å²) in [5.41, 5.74) is 1.33. The minimum Gasteiger partial charge on any atom is -0.493 e. The second-order valence-corrected chi connectivity index (χ2v) is 6.82. The molecule has 1 aromatic heterocycles. The van der Waals surface area contributed by atoms with Gasteiger partial charge in [-0.1, -0.05) is 42.5 Å². The van der Waals surface area contributed by atoms with E-state index in [1.54, 1.807) is 62.8 Å². The first-order chi connectivity index (χ1) is 15.1. The summed E-state index contributed by atoms with van der Waals surface area (Å²) in [6, 6.07) is 21.4. The smallest absolute Gasteiger partial charge is 0.279 e. The van der Waals surface area contributed by atoms with Gasteiger partial charge in [0.1, 0.15) is 0 Å². The second kappa shape index (κ2) is 8.71. The van der Waals surface area contributed by atoms with Crippen LogP contribution in [-0.2, 0) is 6.54 Å². The summed E-state index contributed by atoms with van der Waals surface area (Å²) in [6.07, 6.45) is 0. The van der Waals surface area contributed by atoms with Gasteiger partial charge in [0, 0.05) is 11.9 Å². The molecule has 0 radical (unpaired) electrons. The molecule has 3 aromatic carbocycles. The Morgan fingerprint density at radius 2 is 1.58 bits per heavy atom. The van der Waals surface area contributed by atoms with E-state index in [-0.39, 0.29) is 23.7 Å². The van der Waals surface area contributed by atoms with Crippen LogP contribution in [0, 0.1) is 0 Å². The van der Waals surface area contributed by atoms with Crippen molar-refractivity contribution in [2.24, 2.45) is 0 Å². The lowest BCUT2D eigenvalue weighted by atomic mass is 10.1. The maximum absolute atomic E-state index is 13.1. The van der Waals surface area contributed by atoms with E-state index in [0.717, 1.165) is 5.56 Å². The van der Waals surface area contributed by atoms with Crippen molar-refractivity contribution < 1.29 is 14.3 Å². The highest BCUT2D eigenvalue weighted by Gasteiger charge is 2.17. The molecule has 0 atom stereocenters. The minimum absolute atomic E-state index is 0.180. The van der Waals surface area contributed by atoms with Gasteiger partial charge in [-0.05, 0) is 35.9 Å². The van der Waals surface area contributed by atoms with E-state index in [0.29, 0.717) is 28.0 Å². The number of methoxy groups -OCH3 is 2. The van der Waals surface area contributed by atoms with Crippen molar-refractivity contribution >= 4 is 16.7 Å². The molecule has 156 valence electrons. The fraction of sp³-hybridized carbons (Fsp3) is 0.125. The van der Waals surface area contributed by atoms with Gasteiger partial charge in [0.25, 0.3) is 11.5 Å². The molecule has 4 aromatic rings. The van der Waals surface area contributed by atoms with Crippen LogP contribution < -0.4 is 20.3 Å². The van der Waals surface area contributed by atoms with Gasteiger partial charge in [0.15, 0.2) is 17.2 Å². The molecule has 7 heteroatoms. The van der Waals surface area contributed by atoms with Crippen LogP contribution in [0.1, 0.15) is 16.1 Å². The number of hydrogen-bond acceptors (Lipinski definition) is 5. The molecule has 0 saturated carbocycles. The quantitative estimate of drug-likeness (QED) is 0.522. The maximum atomic E-state index is 13.1. The van der Waals surface area contributed by atoms with Crippen molar-refractivity contribution in [1.82, 2.24) is 15.1 Å². The molecular formula is C24H21N3O4. The lowest BCUT2D eigenvalue weighted by molar-refractivity contribution is 0.0946. The van der Waals surface area contributed by atoms with E-state index in [9.17, 15) is 9.59 Å². The van der Waals surface area contributed by atoms with Crippen molar-refractivity contribution in [3.63, 3.8) is 0 Å². The van der Waals surface area contributed by atoms with E-state index in [4.69, 9.17) is 9.47 Å². The summed E-state index contributed by atoms with van der Waals surface area (Å²) < 4.78 is 11.8. The van der Waals surface area contributed by atoms with Crippen LogP contribution in [0.2, 0.25) is 0 Å². The number of para-hydroxylation sites is 1. The number of fused-ring (bicyclic) bond motifs is 1. The summed E-state index contributed by atoms with van der Waals surface area (Å²) in [5.74, 6) is 0.811. The van der Waals surface area contributed by atoms with Crippen LogP contribution in [0.5, 0.6) is 11.5 Å². The third kappa shape index (κ3) is 3.98. The molecule has 0 saturated heterocycles. The molecule has 7 nitrogen and oxygen atoms in total. The zero-order valence-electron chi connectivity index (χ0n) is 17.2. The standard InChI is InChI=1S/C24H21N3O4/c1-30-20-13-12-16(14-21(20)31-2)15-25-23(28)22-18-10-6-7-11-19(18)24(29)27(26-22)17-8-4-3-5-9-17/h3-14H,15H2,1-2H3,(H,25,28). The van der Waals surface area contributed by atoms with Crippen LogP contribution in [0.4, 0.5) is 0 Å². The Kier molecular flexibility index (Phi) is 5.66. The van der Waals surface area contributed by atoms with E-state index >= 15 is 0 Å². The summed E-state index contributed by atoms with van der Waals surface area (Å²) in [7, 11) is 3.13. The van der Waals surface area contributed by atoms with E-state index in [1.807, 2.05) is 24.3 Å². The minimum atomic E-state index is -0.379. The highest BCUT2D eigenvalue weighted by atomic mass is 16.5. The Labute approximate surface area is 178 Å². The molecule has 0 aliphatic heterocycles. The fourth-order valence-electron chi connectivity index (χ4n) is 3.36. The SMILES string of the molecule is COc1ccc(CNC(=O)c2nn(-c3ccccc3)c(=O)c3ccccc23)cc1OC. The summed E-state index contributed by atoms with van der Waals surface area (Å²) >= 11 is 0. The first kappa shape index (κ1) is 20.2. The Morgan fingerprint density at radius 3 is 2.29 bits per heavy atom. The van der Waals surface area contributed by atoms with Gasteiger partial charge in [-0.3, -0.25) is 9.59 Å². The molecule has 1 heterocycles. The lowest BCUT2D eigenvalue weighted by Crippen LogP contribution is -2.29. The fourth-order valence-corrected chi connectivity index (χ4v) is 3.36. The predicted octanol–water partition coefficient (Wildman–Crippen LogP) is 3.33. The molecule has 0 bridgehead atoms. The molecule has 0 unspecified atom stereocenters. The van der Waals surface area contributed by atoms with Crippen LogP contribution in [-0.4, -0.2) is 29.9 Å². The number of nitrogens with zero attached hydrogens (tertiary/aromatic N) is 2. The zero-order chi connectivity index (χ0) is 21.8. The number of nitrogens with one attached hydrogen (secondary N) is 1. The predicted molar refractivity (Wildman–Crippen MR) is 118 cm³/mol. The number of ether oxygens (including phenoxy) is 2. The van der Waals surface area contributed by atoms with E-state index < -0.39 is 0 Å². The van der Waals surface area contributed by atoms with Crippen LogP contribution in [0.15, 0.2) is 77.6 Å². The maximum Gasteiger partial charge on any atom is 0.279 e. The number of hydrogen-bond donors (Lipinski definition) is 1. The van der Waals surface area contributed by atoms with Gasteiger partial charge in [0.2, 0.25) is 0 Å². The monoisotopic (exact) mass is 415 g/mol. The highest BCUT2D eigenvalue weighted by Crippen LogP contribution is 2.27. The average molecular weight is 415 g/mol. The van der Waals surface area contributed by atoms with Crippen molar-refractivity contribution in [2.75, 3.05) is 14.2 Å². The Balaban J connectivity index is 1.70. The number of carbonyl (C=O) groups excluding carboxylic acids is 1. The molecular weight excluding hydrogens is 394 g/mol. The van der Waals surface area contributed by atoms with Crippen LogP contribution in [0.3, 0.4) is 0 Å². The molecule has 0 fully saturated rings. The van der Waals surface area contributed by atoms with E-state index in [1.165, 1.54) is 4.68 Å². The molecule has 0 aliphatic rings. The van der Waals surface area contributed by atoms with Crippen LogP contribution in [0.25, 0.3) is 16.5 Å². The molecule has 0 spiro atoms. The molecule has 1 N–H and O–H groups in total. The topological polar surface area (TPSA) is 82.5 Å². The third-order valence-electron chi connectivity index (χ3n) is 4.92. The number of amides is 1. The first-order valence-corrected chi connectivity index (χ1v) is 9.69. The van der Waals surface area contributed by atoms with Crippen molar-refractivity contribution in [2.45, 2.75) is 6.54 Å². The zero-order valence-corrected chi connectivity index (χ0v) is 17.2. The molecule has 31 heavy (non-hydrogen) atoms. The van der Waals surface area contributed by atoms with Crippen molar-refractivity contribution in [1.29, 1.82) is 0 Å². The average Bonchev–Trinajstić information content (AvgIpc) is 2.83. The van der Waals surface area contributed by atoms with Gasteiger partial charge in [0.05, 0.1) is 25.3 Å². The van der Waals surface area contributed by atoms with Crippen LogP contribution >= 0.6 is 0 Å². The Bertz CT molecular complexity index is 1300. The number of rotatable bonds is 6. The summed E-state index contributed by atoms with van der Waals surface area (Å²) in [4.78, 5) is 26.0. The third-order valence-corrected chi connectivity index (χ3v) is 4.92.